The molecule has 1 aromatic heterocycles. The molecule has 172 valence electrons. The van der Waals surface area contributed by atoms with Crippen molar-refractivity contribution in [2.75, 3.05) is 0 Å². The van der Waals surface area contributed by atoms with Gasteiger partial charge in [0.05, 0.1) is 16.8 Å². The molecule has 2 aliphatic rings. The molecular formula is C21H16ClF3N4O4. The molecule has 4 rings (SSSR count). The van der Waals surface area contributed by atoms with Crippen molar-refractivity contribution in [3.8, 4) is 0 Å². The molecule has 1 aromatic carbocycles. The molecule has 2 aromatic rings. The lowest BCUT2D eigenvalue weighted by molar-refractivity contribution is -0.167. The molecule has 0 saturated carbocycles. The number of nitrogens with two attached hydrogens (primary N) is 1. The van der Waals surface area contributed by atoms with Crippen LogP contribution in [0.25, 0.3) is 0 Å². The van der Waals surface area contributed by atoms with Gasteiger partial charge in [0.2, 0.25) is 17.7 Å². The number of benzene rings is 1. The Kier molecular flexibility index (Phi) is 5.61. The van der Waals surface area contributed by atoms with Gasteiger partial charge in [-0.25, -0.2) is 0 Å². The van der Waals surface area contributed by atoms with Crippen LogP contribution in [0.15, 0.2) is 36.5 Å². The third-order valence-corrected chi connectivity index (χ3v) is 6.03. The van der Waals surface area contributed by atoms with E-state index in [0.29, 0.717) is 0 Å². The van der Waals surface area contributed by atoms with Crippen molar-refractivity contribution in [1.82, 2.24) is 15.2 Å². The molecule has 2 aliphatic heterocycles. The number of hydrogen-bond donors (Lipinski definition) is 2. The van der Waals surface area contributed by atoms with Gasteiger partial charge in [-0.1, -0.05) is 11.6 Å². The Morgan fingerprint density at radius 3 is 2.58 bits per heavy atom. The molecule has 3 atom stereocenters. The van der Waals surface area contributed by atoms with Gasteiger partial charge < -0.3 is 10.6 Å². The van der Waals surface area contributed by atoms with Gasteiger partial charge in [0.25, 0.3) is 5.91 Å². The highest BCUT2D eigenvalue weighted by atomic mass is 35.5. The Bertz CT molecular complexity index is 1190. The number of carbonyl (C=O) groups excluding carboxylic acids is 4. The number of piperidine rings is 1. The fourth-order valence-corrected chi connectivity index (χ4v) is 4.54. The second-order valence-electron chi connectivity index (χ2n) is 7.68. The quantitative estimate of drug-likeness (QED) is 0.651. The van der Waals surface area contributed by atoms with Gasteiger partial charge in [-0.2, -0.15) is 13.2 Å². The van der Waals surface area contributed by atoms with Gasteiger partial charge in [0, 0.05) is 23.7 Å². The number of aromatic nitrogens is 1. The number of halogens is 4. The largest absolute Gasteiger partial charge is 0.399 e. The summed E-state index contributed by atoms with van der Waals surface area (Å²) in [5, 5.41) is 1.78. The van der Waals surface area contributed by atoms with Crippen LogP contribution in [0.1, 0.15) is 56.8 Å². The predicted octanol–water partition coefficient (Wildman–Crippen LogP) is 2.48. The molecule has 1 saturated heterocycles. The highest BCUT2D eigenvalue weighted by Crippen LogP contribution is 2.52. The minimum absolute atomic E-state index is 0.107. The van der Waals surface area contributed by atoms with Crippen molar-refractivity contribution in [1.29, 1.82) is 0 Å². The first-order chi connectivity index (χ1) is 15.5. The van der Waals surface area contributed by atoms with Gasteiger partial charge in [-0.3, -0.25) is 29.5 Å². The Morgan fingerprint density at radius 1 is 1.24 bits per heavy atom. The van der Waals surface area contributed by atoms with Crippen LogP contribution in [0.3, 0.4) is 0 Å². The fraction of sp³-hybridized carbons (Fsp3) is 0.286. The summed E-state index contributed by atoms with van der Waals surface area (Å²) in [4.78, 5) is 53.8. The van der Waals surface area contributed by atoms with Crippen LogP contribution in [0.2, 0.25) is 5.02 Å². The zero-order valence-electron chi connectivity index (χ0n) is 16.7. The molecule has 1 unspecified atom stereocenters. The maximum Gasteiger partial charge on any atom is 0.399 e. The van der Waals surface area contributed by atoms with E-state index in [1.54, 1.807) is 0 Å². The number of pyridine rings is 1. The van der Waals surface area contributed by atoms with Crippen LogP contribution in [0.5, 0.6) is 0 Å². The number of carbonyl (C=O) groups is 4. The highest BCUT2D eigenvalue weighted by molar-refractivity contribution is 6.31. The molecule has 33 heavy (non-hydrogen) atoms. The second-order valence-corrected chi connectivity index (χ2v) is 8.09. The SMILES string of the molecule is NC(=O)c1ccc2c(c1)C([C@H](c1ncccc1Cl)C(F)(F)F)N([C@H]1CCC(=O)NC1=O)C2=O. The van der Waals surface area contributed by atoms with Crippen LogP contribution < -0.4 is 11.1 Å². The third kappa shape index (κ3) is 3.92. The van der Waals surface area contributed by atoms with Crippen LogP contribution in [-0.2, 0) is 9.59 Å². The summed E-state index contributed by atoms with van der Waals surface area (Å²) < 4.78 is 43.6. The van der Waals surface area contributed by atoms with Gasteiger partial charge in [0.15, 0.2) is 0 Å². The molecule has 0 aliphatic carbocycles. The van der Waals surface area contributed by atoms with Crippen LogP contribution in [0, 0.1) is 0 Å². The van der Waals surface area contributed by atoms with Crippen molar-refractivity contribution >= 4 is 35.2 Å². The van der Waals surface area contributed by atoms with E-state index in [0.717, 1.165) is 17.2 Å². The monoisotopic (exact) mass is 480 g/mol. The number of imide groups is 1. The van der Waals surface area contributed by atoms with Crippen molar-refractivity contribution in [3.63, 3.8) is 0 Å². The molecule has 0 spiro atoms. The van der Waals surface area contributed by atoms with Crippen molar-refractivity contribution in [2.24, 2.45) is 5.73 Å². The van der Waals surface area contributed by atoms with Gasteiger partial charge in [0.1, 0.15) is 12.0 Å². The fourth-order valence-electron chi connectivity index (χ4n) is 4.30. The first-order valence-corrected chi connectivity index (χ1v) is 10.2. The standard InChI is InChI=1S/C21H16ClF3N4O4/c22-12-2-1-7-27-16(12)15(21(23,24)25)17-11-8-9(18(26)31)3-4-10(11)20(33)29(17)13-5-6-14(30)28-19(13)32/h1-4,7-8,13,15,17H,5-6H2,(H2,26,31)(H,28,30,32)/t13-,15-,17?/m0/s1. The minimum atomic E-state index is -4.95. The predicted molar refractivity (Wildman–Crippen MR) is 108 cm³/mol. The molecule has 4 amide bonds. The Labute approximate surface area is 189 Å². The number of rotatable bonds is 4. The molecule has 3 N–H and O–H groups in total. The minimum Gasteiger partial charge on any atom is -0.366 e. The molecule has 1 fully saturated rings. The average Bonchev–Trinajstić information content (AvgIpc) is 3.00. The molecule has 8 nitrogen and oxygen atoms in total. The lowest BCUT2D eigenvalue weighted by Gasteiger charge is -2.38. The van der Waals surface area contributed by atoms with Crippen LogP contribution in [-0.4, -0.2) is 45.7 Å². The zero-order valence-corrected chi connectivity index (χ0v) is 17.5. The molecular weight excluding hydrogens is 465 g/mol. The number of amides is 4. The Morgan fingerprint density at radius 2 is 1.97 bits per heavy atom. The number of alkyl halides is 3. The topological polar surface area (TPSA) is 122 Å². The Balaban J connectivity index is 1.95. The summed E-state index contributed by atoms with van der Waals surface area (Å²) in [7, 11) is 0. The second kappa shape index (κ2) is 8.14. The van der Waals surface area contributed by atoms with Gasteiger partial charge in [-0.05, 0) is 42.3 Å². The van der Waals surface area contributed by atoms with Gasteiger partial charge in [-0.15, -0.1) is 0 Å². The van der Waals surface area contributed by atoms with Crippen molar-refractivity contribution < 1.29 is 32.3 Å². The zero-order chi connectivity index (χ0) is 24.1. The van der Waals surface area contributed by atoms with Crippen LogP contribution in [0.4, 0.5) is 13.2 Å². The number of hydrogen-bond acceptors (Lipinski definition) is 5. The van der Waals surface area contributed by atoms with E-state index in [1.807, 2.05) is 0 Å². The van der Waals surface area contributed by atoms with E-state index in [1.165, 1.54) is 24.3 Å². The van der Waals surface area contributed by atoms with Crippen molar-refractivity contribution in [3.05, 3.63) is 63.9 Å². The lowest BCUT2D eigenvalue weighted by Crippen LogP contribution is -2.55. The summed E-state index contributed by atoms with van der Waals surface area (Å²) in [6.45, 7) is 0. The summed E-state index contributed by atoms with van der Waals surface area (Å²) >= 11 is 6.07. The van der Waals surface area contributed by atoms with Crippen LogP contribution >= 0.6 is 11.6 Å². The van der Waals surface area contributed by atoms with E-state index in [2.05, 4.69) is 10.3 Å². The number of fused-ring (bicyclic) bond motifs is 1. The highest BCUT2D eigenvalue weighted by Gasteiger charge is 2.57. The summed E-state index contributed by atoms with van der Waals surface area (Å²) in [6, 6.07) is 3.00. The maximum atomic E-state index is 14.5. The lowest BCUT2D eigenvalue weighted by atomic mass is 9.87. The van der Waals surface area contributed by atoms with E-state index < -0.39 is 53.5 Å². The molecule has 12 heteroatoms. The first-order valence-electron chi connectivity index (χ1n) is 9.78. The van der Waals surface area contributed by atoms with Crippen molar-refractivity contribution in [2.45, 2.75) is 37.0 Å². The van der Waals surface area contributed by atoms with E-state index in [9.17, 15) is 32.3 Å². The van der Waals surface area contributed by atoms with E-state index in [4.69, 9.17) is 17.3 Å². The molecule has 3 heterocycles. The number of nitrogens with zero attached hydrogens (tertiary/aromatic N) is 2. The summed E-state index contributed by atoms with van der Waals surface area (Å²) in [6.07, 6.45) is -4.14. The molecule has 0 bridgehead atoms. The summed E-state index contributed by atoms with van der Waals surface area (Å²) in [5.41, 5.74) is 4.41. The van der Waals surface area contributed by atoms with E-state index >= 15 is 0 Å². The summed E-state index contributed by atoms with van der Waals surface area (Å²) in [5.74, 6) is -5.65. The number of primary amides is 1. The van der Waals surface area contributed by atoms with Gasteiger partial charge >= 0.3 is 6.18 Å². The number of nitrogens with one attached hydrogen (secondary N) is 1. The average molecular weight is 481 g/mol. The van der Waals surface area contributed by atoms with E-state index in [-0.39, 0.29) is 34.6 Å². The Hall–Kier alpha value is -3.47. The normalized spacial score (nSPS) is 21.6. The third-order valence-electron chi connectivity index (χ3n) is 5.72. The maximum absolute atomic E-state index is 14.5. The first kappa shape index (κ1) is 22.7. The molecule has 0 radical (unpaired) electrons. The smallest absolute Gasteiger partial charge is 0.366 e.